The number of benzene rings is 7. The normalized spacial score (nSPS) is 11.4. The number of nitrogens with zero attached hydrogens (tertiary/aromatic N) is 8. The minimum absolute atomic E-state index is 0. The van der Waals surface area contributed by atoms with Gasteiger partial charge in [0.2, 0.25) is 0 Å². The van der Waals surface area contributed by atoms with Gasteiger partial charge in [-0.1, -0.05) is 76.9 Å². The van der Waals surface area contributed by atoms with Crippen molar-refractivity contribution in [3.8, 4) is 45.0 Å². The summed E-state index contributed by atoms with van der Waals surface area (Å²) in [5.41, 5.74) is 16.7. The van der Waals surface area contributed by atoms with Crippen molar-refractivity contribution in [2.24, 2.45) is 0 Å². The Balaban J connectivity index is 0.000000308. The first-order valence-electron chi connectivity index (χ1n) is 35.9. The molecule has 126 heavy (non-hydrogen) atoms. The van der Waals surface area contributed by atoms with Crippen LogP contribution in [0, 0.1) is 82.4 Å². The number of esters is 5. The van der Waals surface area contributed by atoms with Crippen LogP contribution in [0.4, 0.5) is 28.4 Å². The quantitative estimate of drug-likeness (QED) is 0.0118. The van der Waals surface area contributed by atoms with E-state index in [0.29, 0.717) is 40.7 Å². The number of rotatable bonds is 16. The maximum Gasteiger partial charge on any atom is 0.495 e. The number of aromatic carboxylic acids is 2. The predicted molar refractivity (Wildman–Crippen MR) is 525 cm³/mol. The Hall–Kier alpha value is -10.8. The number of nitrogens with two attached hydrogens (primary N) is 1. The van der Waals surface area contributed by atoms with Gasteiger partial charge in [0.25, 0.3) is 22.7 Å². The number of anilines is 1. The van der Waals surface area contributed by atoms with Crippen molar-refractivity contribution in [3.63, 3.8) is 0 Å². The monoisotopic (exact) mass is 2400 g/mol. The van der Waals surface area contributed by atoms with Gasteiger partial charge in [0, 0.05) is 116 Å². The Kier molecular flexibility index (Phi) is 43.6. The van der Waals surface area contributed by atoms with E-state index >= 15 is 0 Å². The molecule has 0 spiro atoms. The second-order valence-corrected chi connectivity index (χ2v) is 36.4. The number of aromatic nitrogens is 4. The lowest BCUT2D eigenvalue weighted by molar-refractivity contribution is -0.385. The second kappa shape index (κ2) is 51.1. The van der Waals surface area contributed by atoms with Gasteiger partial charge in [0.15, 0.2) is 0 Å². The number of hydrogen-bond donors (Lipinski definition) is 3. The summed E-state index contributed by atoms with van der Waals surface area (Å²) in [6.45, 7) is 15.3. The van der Waals surface area contributed by atoms with Crippen molar-refractivity contribution in [1.82, 2.24) is 19.9 Å². The van der Waals surface area contributed by atoms with Crippen molar-refractivity contribution < 1.29 is 96.5 Å². The average molecular weight is 2400 g/mol. The number of ether oxygens (including phenoxy) is 5. The van der Waals surface area contributed by atoms with Crippen LogP contribution in [0.15, 0.2) is 201 Å². The average Bonchev–Trinajstić information content (AvgIpc) is 1.62. The number of nitro benzene ring substituents is 4. The molecule has 12 rings (SSSR count). The van der Waals surface area contributed by atoms with Crippen molar-refractivity contribution in [3.05, 3.63) is 317 Å². The standard InChI is InChI=1S/C14H18BNO6.C14H12INO2.C14H12N2O4.C14H14N2O2.C13H10INO2.C8H6INO4.C7H4INO4.CH2I2.CH4/c1-13(2)14(3,4)22-15(21-13)10-6-9(12(17)20-5)7-11(8-10)16(18)19;1-9-3-4-13(16-8-9)10-5-11(14(17)18-2)7-12(15)6-10;1-9-3-4-13(15-8-9)10-5-11(14(17)20-2)7-12(6-10)16(18)19;1-9-3-4-13(16-8-9)10-5-11(14(17)18-2)7-12(15)6-10;1-8-2-3-12(15-7-8)9-4-10(13(16)17)6-11(14)5-9;1-14-8(11)5-2-6(9)4-7(3-5)10(12)13;8-5-1-4(7(10)11)2-6(3-5)9(12)13;2-1-3;/h6-8H,1-5H3;3-8H,1-2H3;3-8H,1-2H3;3-8H,15H2,1-2H3;2-7H,1H3,(H,16,17);2-4H,1H3;1-3H,(H,10,11);1H2;1H4. The fourth-order valence-electron chi connectivity index (χ4n) is 10.3. The molecule has 1 aliphatic rings. The van der Waals surface area contributed by atoms with E-state index < -0.39 is 73.8 Å². The maximum absolute atomic E-state index is 11.7. The molecule has 11 aromatic rings. The minimum atomic E-state index is -1.17. The van der Waals surface area contributed by atoms with E-state index in [4.69, 9.17) is 30.0 Å². The van der Waals surface area contributed by atoms with Gasteiger partial charge in [-0.25, -0.2) is 33.6 Å². The molecule has 0 radical (unpaired) electrons. The minimum Gasteiger partial charge on any atom is -0.478 e. The summed E-state index contributed by atoms with van der Waals surface area (Å²) in [7, 11) is 5.61. The lowest BCUT2D eigenvalue weighted by Crippen LogP contribution is -2.41. The summed E-state index contributed by atoms with van der Waals surface area (Å²) in [5, 5.41) is 60.4. The molecule has 7 aromatic carbocycles. The largest absolute Gasteiger partial charge is 0.495 e. The Morgan fingerprint density at radius 3 is 0.913 bits per heavy atom. The highest BCUT2D eigenvalue weighted by molar-refractivity contribution is 14.2. The van der Waals surface area contributed by atoms with Gasteiger partial charge in [-0.05, 0) is 277 Å². The number of alkyl halides is 2. The van der Waals surface area contributed by atoms with Crippen LogP contribution in [0.1, 0.15) is 130 Å². The first-order valence-corrected chi connectivity index (χ1v) is 43.3. The molecule has 1 saturated heterocycles. The highest BCUT2D eigenvalue weighted by Crippen LogP contribution is 2.37. The van der Waals surface area contributed by atoms with Crippen molar-refractivity contribution in [1.29, 1.82) is 0 Å². The molecule has 0 bridgehead atoms. The molecule has 1 fully saturated rings. The van der Waals surface area contributed by atoms with Crippen LogP contribution in [-0.2, 0) is 33.0 Å². The number of nitrogen functional groups attached to an aromatic ring is 1. The third-order valence-corrected chi connectivity index (χ3v) is 19.7. The van der Waals surface area contributed by atoms with Crippen LogP contribution in [-0.4, -0.2) is 148 Å². The summed E-state index contributed by atoms with van der Waals surface area (Å²) < 4.78 is 39.0. The lowest BCUT2D eigenvalue weighted by atomic mass is 9.78. The Bertz CT molecular complexity index is 5610. The highest BCUT2D eigenvalue weighted by atomic mass is 127. The van der Waals surface area contributed by atoms with Crippen LogP contribution in [0.25, 0.3) is 45.0 Å². The fourth-order valence-corrected chi connectivity index (χ4v) is 13.0. The summed E-state index contributed by atoms with van der Waals surface area (Å²) in [4.78, 5) is 137. The maximum atomic E-state index is 11.7. The van der Waals surface area contributed by atoms with Gasteiger partial charge in [0.05, 0.1) is 131 Å². The van der Waals surface area contributed by atoms with E-state index in [1.165, 1.54) is 105 Å². The molecule has 0 saturated carbocycles. The Labute approximate surface area is 806 Å². The first-order chi connectivity index (χ1) is 58.8. The number of aryl methyl sites for hydroxylation is 4. The molecule has 4 aromatic heterocycles. The molecule has 1 aliphatic heterocycles. The zero-order chi connectivity index (χ0) is 93.5. The smallest absolute Gasteiger partial charge is 0.478 e. The zero-order valence-corrected chi connectivity index (χ0v) is 81.6. The van der Waals surface area contributed by atoms with E-state index in [9.17, 15) is 74.0 Å². The van der Waals surface area contributed by atoms with Gasteiger partial charge < -0.3 is 48.9 Å². The molecule has 0 atom stereocenters. The fraction of sp³-hybridized carbons (Fsp3) is 0.198. The predicted octanol–water partition coefficient (Wildman–Crippen LogP) is 20.0. The lowest BCUT2D eigenvalue weighted by Gasteiger charge is -2.32. The van der Waals surface area contributed by atoms with Crippen LogP contribution in [0.2, 0.25) is 0 Å². The third kappa shape index (κ3) is 33.5. The summed E-state index contributed by atoms with van der Waals surface area (Å²) >= 11 is 12.6. The molecule has 0 aliphatic carbocycles. The molecule has 4 N–H and O–H groups in total. The second-order valence-electron chi connectivity index (χ2n) is 26.9. The number of non-ortho nitro benzene ring substituents is 4. The van der Waals surface area contributed by atoms with Gasteiger partial charge in [-0.3, -0.25) is 60.4 Å². The molecule has 660 valence electrons. The molecule has 5 heterocycles. The van der Waals surface area contributed by atoms with E-state index in [1.807, 2.05) is 161 Å². The van der Waals surface area contributed by atoms with Crippen LogP contribution >= 0.6 is 136 Å². The van der Waals surface area contributed by atoms with Crippen LogP contribution in [0.3, 0.4) is 0 Å². The molecule has 0 unspecified atom stereocenters. The summed E-state index contributed by atoms with van der Waals surface area (Å²) in [6, 6.07) is 47.0. The van der Waals surface area contributed by atoms with Crippen molar-refractivity contribution in [2.75, 3.05) is 43.7 Å². The molecule has 33 nitrogen and oxygen atoms in total. The number of hydrogen-bond acceptors (Lipinski definition) is 27. The Morgan fingerprint density at radius 1 is 0.373 bits per heavy atom. The number of pyridine rings is 4. The molecule has 0 amide bonds. The number of carbonyl (C=O) groups excluding carboxylic acids is 5. The van der Waals surface area contributed by atoms with E-state index in [0.717, 1.165) is 69.2 Å². The van der Waals surface area contributed by atoms with Gasteiger partial charge in [0.1, 0.15) is 0 Å². The summed E-state index contributed by atoms with van der Waals surface area (Å²) in [5.74, 6) is -4.67. The number of carbonyl (C=O) groups is 7. The first kappa shape index (κ1) is 108. The van der Waals surface area contributed by atoms with Crippen LogP contribution < -0.4 is 11.2 Å². The van der Waals surface area contributed by atoms with E-state index in [-0.39, 0.29) is 64.0 Å². The SMILES string of the molecule is C.COC(=O)c1cc(-c2ccc(C)cn2)cc([N+](=O)[O-])c1.COC(=O)c1cc(B2OC(C)(C)C(C)(C)O2)cc([N+](=O)[O-])c1.COC(=O)c1cc(I)cc(-c2ccc(C)cn2)c1.COC(=O)c1cc(I)cc([N+](=O)[O-])c1.COC(=O)c1cc(N)cc(-c2ccc(C)cn2)c1.Cc1ccc(-c2cc(I)cc(C(=O)O)c2)nc1.ICI.O=C(O)c1cc(I)cc([N+](=O)[O-])c1. The number of carboxylic acids is 2. The van der Waals surface area contributed by atoms with Crippen molar-refractivity contribution in [2.45, 2.75) is 74.0 Å². The Morgan fingerprint density at radius 2 is 0.611 bits per heavy atom. The zero-order valence-electron chi connectivity index (χ0n) is 68.6. The number of halogens is 6. The molecular formula is C86H82BI6N9O24. The third-order valence-electron chi connectivity index (χ3n) is 17.2. The molecule has 40 heteroatoms. The topological polar surface area (TPSA) is 475 Å². The number of carboxylic acid groups (broad SMARTS) is 2. The van der Waals surface area contributed by atoms with Gasteiger partial charge in [-0.15, -0.1) is 0 Å². The summed E-state index contributed by atoms with van der Waals surface area (Å²) in [6.07, 6.45) is 7.02. The van der Waals surface area contributed by atoms with E-state index in [2.05, 4.69) is 129 Å². The van der Waals surface area contributed by atoms with Gasteiger partial charge in [-0.2, -0.15) is 0 Å². The number of nitro groups is 4. The van der Waals surface area contributed by atoms with Gasteiger partial charge >= 0.3 is 48.9 Å². The molecular weight excluding hydrogens is 2320 g/mol. The van der Waals surface area contributed by atoms with Crippen LogP contribution in [0.5, 0.6) is 0 Å². The highest BCUT2D eigenvalue weighted by Gasteiger charge is 2.52. The van der Waals surface area contributed by atoms with Crippen molar-refractivity contribution >= 4 is 218 Å². The van der Waals surface area contributed by atoms with E-state index in [1.54, 1.807) is 67.1 Å². The number of methoxy groups -OCH3 is 5.